The molecule has 1 heterocycles. The minimum atomic E-state index is 0.00455. The van der Waals surface area contributed by atoms with Crippen LogP contribution in [0.15, 0.2) is 53.3 Å². The number of fused-ring (bicyclic) bond motifs is 1. The van der Waals surface area contributed by atoms with E-state index in [1.807, 2.05) is 48.5 Å². The highest BCUT2D eigenvalue weighted by molar-refractivity contribution is 7.14. The van der Waals surface area contributed by atoms with E-state index in [9.17, 15) is 9.59 Å². The van der Waals surface area contributed by atoms with Gasteiger partial charge in [0.2, 0.25) is 0 Å². The number of benzene rings is 2. The van der Waals surface area contributed by atoms with Gasteiger partial charge in [0, 0.05) is 6.42 Å². The third-order valence-electron chi connectivity index (χ3n) is 3.12. The first-order valence-electron chi connectivity index (χ1n) is 6.35. The van der Waals surface area contributed by atoms with Crippen LogP contribution < -0.4 is 5.56 Å². The Morgan fingerprint density at radius 3 is 2.45 bits per heavy atom. The predicted molar refractivity (Wildman–Crippen MR) is 81.8 cm³/mol. The van der Waals surface area contributed by atoms with Crippen LogP contribution in [0.25, 0.3) is 15.8 Å². The Morgan fingerprint density at radius 2 is 1.80 bits per heavy atom. The molecule has 1 aromatic heterocycles. The van der Waals surface area contributed by atoms with Crippen molar-refractivity contribution in [1.29, 1.82) is 0 Å². The molecular formula is C16H13NO2S. The highest BCUT2D eigenvalue weighted by Crippen LogP contribution is 2.20. The van der Waals surface area contributed by atoms with Crippen LogP contribution in [0.1, 0.15) is 12.5 Å². The second-order valence-corrected chi connectivity index (χ2v) is 5.72. The van der Waals surface area contributed by atoms with Crippen molar-refractivity contribution >= 4 is 27.4 Å². The maximum Gasteiger partial charge on any atom is 0.273 e. The summed E-state index contributed by atoms with van der Waals surface area (Å²) in [4.78, 5) is 23.4. The summed E-state index contributed by atoms with van der Waals surface area (Å²) in [5.74, 6) is 0.136. The minimum absolute atomic E-state index is 0.00455. The second kappa shape index (κ2) is 5.06. The quantitative estimate of drug-likeness (QED) is 0.740. The van der Waals surface area contributed by atoms with Gasteiger partial charge in [-0.25, -0.2) is 3.96 Å². The molecule has 3 rings (SSSR count). The molecule has 0 aliphatic heterocycles. The maximum absolute atomic E-state index is 12.3. The van der Waals surface area contributed by atoms with Crippen molar-refractivity contribution in [2.45, 2.75) is 13.3 Å². The smallest absolute Gasteiger partial charge is 0.273 e. The molecule has 20 heavy (non-hydrogen) atoms. The van der Waals surface area contributed by atoms with Crippen molar-refractivity contribution in [3.63, 3.8) is 0 Å². The Hall–Kier alpha value is -2.20. The lowest BCUT2D eigenvalue weighted by atomic mass is 10.1. The van der Waals surface area contributed by atoms with Gasteiger partial charge in [-0.2, -0.15) is 0 Å². The number of hydrogen-bond acceptors (Lipinski definition) is 3. The molecule has 3 nitrogen and oxygen atoms in total. The van der Waals surface area contributed by atoms with Crippen molar-refractivity contribution in [1.82, 2.24) is 3.96 Å². The normalized spacial score (nSPS) is 10.8. The SMILES string of the molecule is CC(=O)Cc1ccc(-n2sc3ccccc3c2=O)cc1. The van der Waals surface area contributed by atoms with Crippen molar-refractivity contribution in [3.05, 3.63) is 64.4 Å². The molecule has 0 radical (unpaired) electrons. The molecule has 0 saturated heterocycles. The first-order chi connectivity index (χ1) is 9.65. The molecule has 2 aromatic carbocycles. The van der Waals surface area contributed by atoms with Crippen molar-refractivity contribution in [2.24, 2.45) is 0 Å². The largest absolute Gasteiger partial charge is 0.300 e. The molecular weight excluding hydrogens is 270 g/mol. The van der Waals surface area contributed by atoms with Crippen LogP contribution in [0, 0.1) is 0 Å². The monoisotopic (exact) mass is 283 g/mol. The fraction of sp³-hybridized carbons (Fsp3) is 0.125. The Morgan fingerprint density at radius 1 is 1.10 bits per heavy atom. The summed E-state index contributed by atoms with van der Waals surface area (Å²) < 4.78 is 2.66. The van der Waals surface area contributed by atoms with E-state index in [0.29, 0.717) is 6.42 Å². The van der Waals surface area contributed by atoms with E-state index < -0.39 is 0 Å². The first-order valence-corrected chi connectivity index (χ1v) is 7.12. The molecule has 4 heteroatoms. The van der Waals surface area contributed by atoms with Gasteiger partial charge in [-0.3, -0.25) is 9.59 Å². The number of ketones is 1. The summed E-state index contributed by atoms with van der Waals surface area (Å²) in [7, 11) is 0. The van der Waals surface area contributed by atoms with Gasteiger partial charge in [-0.1, -0.05) is 35.8 Å². The van der Waals surface area contributed by atoms with E-state index in [0.717, 1.165) is 21.3 Å². The number of nitrogens with zero attached hydrogens (tertiary/aromatic N) is 1. The molecule has 0 spiro atoms. The third-order valence-corrected chi connectivity index (χ3v) is 4.23. The van der Waals surface area contributed by atoms with Crippen LogP contribution in [0.2, 0.25) is 0 Å². The van der Waals surface area contributed by atoms with Gasteiger partial charge in [-0.05, 0) is 36.8 Å². The average Bonchev–Trinajstić information content (AvgIpc) is 2.77. The minimum Gasteiger partial charge on any atom is -0.300 e. The second-order valence-electron chi connectivity index (χ2n) is 4.73. The summed E-state index contributed by atoms with van der Waals surface area (Å²) in [5, 5.41) is 0.741. The number of rotatable bonds is 3. The van der Waals surface area contributed by atoms with Gasteiger partial charge in [0.15, 0.2) is 0 Å². The van der Waals surface area contributed by atoms with Gasteiger partial charge >= 0.3 is 0 Å². The molecule has 0 amide bonds. The number of carbonyl (C=O) groups is 1. The van der Waals surface area contributed by atoms with Crippen LogP contribution in [0.4, 0.5) is 0 Å². The van der Waals surface area contributed by atoms with E-state index in [4.69, 9.17) is 0 Å². The standard InChI is InChI=1S/C16H13NO2S/c1-11(18)10-12-6-8-13(9-7-12)17-16(19)14-4-2-3-5-15(14)20-17/h2-9H,10H2,1H3. The number of Topliss-reactive ketones (excluding diaryl/α,β-unsaturated/α-hetero) is 1. The summed E-state index contributed by atoms with van der Waals surface area (Å²) in [6.45, 7) is 1.57. The fourth-order valence-corrected chi connectivity index (χ4v) is 3.18. The molecule has 0 bridgehead atoms. The predicted octanol–water partition coefficient (Wildman–Crippen LogP) is 3.18. The summed E-state index contributed by atoms with van der Waals surface area (Å²) in [5.41, 5.74) is 1.81. The van der Waals surface area contributed by atoms with Crippen molar-refractivity contribution < 1.29 is 4.79 Å². The summed E-state index contributed by atoms with van der Waals surface area (Å²) in [6, 6.07) is 15.2. The van der Waals surface area contributed by atoms with E-state index in [2.05, 4.69) is 0 Å². The highest BCUT2D eigenvalue weighted by atomic mass is 32.1. The van der Waals surface area contributed by atoms with Gasteiger partial charge in [-0.15, -0.1) is 0 Å². The number of hydrogen-bond donors (Lipinski definition) is 0. The summed E-state index contributed by atoms with van der Waals surface area (Å²) in [6.07, 6.45) is 0.432. The van der Waals surface area contributed by atoms with Crippen LogP contribution in [-0.4, -0.2) is 9.74 Å². The molecule has 0 unspecified atom stereocenters. The van der Waals surface area contributed by atoms with Crippen LogP contribution in [0.3, 0.4) is 0 Å². The lowest BCUT2D eigenvalue weighted by Crippen LogP contribution is -2.10. The number of carbonyl (C=O) groups excluding carboxylic acids is 1. The zero-order valence-corrected chi connectivity index (χ0v) is 11.8. The lowest BCUT2D eigenvalue weighted by Gasteiger charge is -2.02. The van der Waals surface area contributed by atoms with Gasteiger partial charge < -0.3 is 0 Å². The first kappa shape index (κ1) is 12.8. The zero-order valence-electron chi connectivity index (χ0n) is 11.0. The van der Waals surface area contributed by atoms with Crippen molar-refractivity contribution in [2.75, 3.05) is 0 Å². The Bertz CT molecular complexity index is 828. The Kier molecular flexibility index (Phi) is 3.24. The molecule has 0 atom stereocenters. The van der Waals surface area contributed by atoms with Crippen molar-refractivity contribution in [3.8, 4) is 5.69 Å². The Balaban J connectivity index is 2.05. The van der Waals surface area contributed by atoms with E-state index in [-0.39, 0.29) is 11.3 Å². The zero-order chi connectivity index (χ0) is 14.1. The molecule has 3 aromatic rings. The lowest BCUT2D eigenvalue weighted by molar-refractivity contribution is -0.116. The van der Waals surface area contributed by atoms with E-state index >= 15 is 0 Å². The van der Waals surface area contributed by atoms with Gasteiger partial charge in [0.25, 0.3) is 5.56 Å². The Labute approximate surface area is 120 Å². The van der Waals surface area contributed by atoms with Crippen LogP contribution in [0.5, 0.6) is 0 Å². The van der Waals surface area contributed by atoms with E-state index in [1.54, 1.807) is 10.9 Å². The molecule has 0 aliphatic rings. The van der Waals surface area contributed by atoms with E-state index in [1.165, 1.54) is 11.5 Å². The molecule has 0 fully saturated rings. The summed E-state index contributed by atoms with van der Waals surface area (Å²) >= 11 is 1.43. The highest BCUT2D eigenvalue weighted by Gasteiger charge is 2.08. The topological polar surface area (TPSA) is 39.1 Å². The molecule has 0 aliphatic carbocycles. The third kappa shape index (κ3) is 2.30. The molecule has 0 saturated carbocycles. The van der Waals surface area contributed by atoms with Gasteiger partial charge in [0.1, 0.15) is 5.78 Å². The molecule has 100 valence electrons. The average molecular weight is 283 g/mol. The van der Waals surface area contributed by atoms with Crippen LogP contribution in [-0.2, 0) is 11.2 Å². The van der Waals surface area contributed by atoms with Crippen LogP contribution >= 0.6 is 11.5 Å². The molecule has 0 N–H and O–H groups in total. The number of aromatic nitrogens is 1. The van der Waals surface area contributed by atoms with Gasteiger partial charge in [0.05, 0.1) is 15.8 Å². The fourth-order valence-electron chi connectivity index (χ4n) is 2.18. The maximum atomic E-state index is 12.3.